The Balaban J connectivity index is 1.17. The Morgan fingerprint density at radius 1 is 0.955 bits per heavy atom. The molecule has 4 rings (SSSR count). The fourth-order valence-electron chi connectivity index (χ4n) is 5.86. The van der Waals surface area contributed by atoms with Crippen molar-refractivity contribution in [1.29, 1.82) is 0 Å². The van der Waals surface area contributed by atoms with Gasteiger partial charge in [-0.15, -0.1) is 0 Å². The van der Waals surface area contributed by atoms with Crippen LogP contribution in [-0.4, -0.2) is 136 Å². The molecule has 0 bridgehead atoms. The zero-order valence-corrected chi connectivity index (χ0v) is 37.2. The van der Waals surface area contributed by atoms with E-state index in [1.165, 1.54) is 36.5 Å². The average Bonchev–Trinajstić information content (AvgIpc) is 3.72. The molecule has 1 saturated heterocycles. The van der Waals surface area contributed by atoms with E-state index in [2.05, 4.69) is 52.3 Å². The van der Waals surface area contributed by atoms with Crippen molar-refractivity contribution in [3.8, 4) is 17.6 Å². The summed E-state index contributed by atoms with van der Waals surface area (Å²) in [4.78, 5) is 104. The van der Waals surface area contributed by atoms with Crippen LogP contribution in [0.15, 0.2) is 63.4 Å². The van der Waals surface area contributed by atoms with E-state index in [1.807, 2.05) is 0 Å². The number of aliphatic hydroxyl groups excluding tert-OH is 1. The van der Waals surface area contributed by atoms with Crippen molar-refractivity contribution in [2.75, 3.05) is 66.9 Å². The zero-order valence-electron chi connectivity index (χ0n) is 37.2. The van der Waals surface area contributed by atoms with Crippen molar-refractivity contribution in [2.24, 2.45) is 10.5 Å². The van der Waals surface area contributed by atoms with Crippen LogP contribution in [0.1, 0.15) is 80.4 Å². The molecule has 1 fully saturated rings. The topological polar surface area (TPSA) is 327 Å². The zero-order chi connectivity index (χ0) is 49.1. The Morgan fingerprint density at radius 3 is 2.24 bits per heavy atom. The first-order chi connectivity index (χ1) is 32.0. The van der Waals surface area contributed by atoms with E-state index in [1.54, 1.807) is 32.9 Å². The van der Waals surface area contributed by atoms with E-state index in [-0.39, 0.29) is 79.4 Å². The van der Waals surface area contributed by atoms with Crippen molar-refractivity contribution >= 4 is 35.6 Å². The molecule has 0 aliphatic carbocycles. The average molecular weight is 935 g/mol. The second-order valence-electron chi connectivity index (χ2n) is 15.2. The Morgan fingerprint density at radius 2 is 1.61 bits per heavy atom. The van der Waals surface area contributed by atoms with E-state index in [4.69, 9.17) is 29.2 Å². The van der Waals surface area contributed by atoms with Gasteiger partial charge in [-0.1, -0.05) is 23.0 Å². The highest BCUT2D eigenvalue weighted by atomic mass is 16.6. The molecule has 0 saturated carbocycles. The van der Waals surface area contributed by atoms with Gasteiger partial charge in [0.15, 0.2) is 6.23 Å². The summed E-state index contributed by atoms with van der Waals surface area (Å²) in [5.74, 6) is 1.73. The van der Waals surface area contributed by atoms with Crippen LogP contribution in [0, 0.1) is 17.3 Å². The molecule has 2 aromatic carbocycles. The van der Waals surface area contributed by atoms with E-state index < -0.39 is 90.2 Å². The lowest BCUT2D eigenvalue weighted by molar-refractivity contribution is -0.162. The third-order valence-electron chi connectivity index (χ3n) is 9.28. The minimum absolute atomic E-state index is 0.00530. The summed E-state index contributed by atoms with van der Waals surface area (Å²) in [6.07, 6.45) is -2.62. The van der Waals surface area contributed by atoms with Crippen molar-refractivity contribution in [2.45, 2.75) is 51.9 Å². The number of H-pyrrole nitrogens is 1. The highest BCUT2D eigenvalue weighted by Gasteiger charge is 2.40. The van der Waals surface area contributed by atoms with Gasteiger partial charge in [0.2, 0.25) is 5.91 Å². The summed E-state index contributed by atoms with van der Waals surface area (Å²) in [7, 11) is 2.31. The van der Waals surface area contributed by atoms with E-state index in [9.17, 15) is 43.5 Å². The number of aromatic amines is 1. The number of azide groups is 1. The molecular formula is C43H50N8O16. The summed E-state index contributed by atoms with van der Waals surface area (Å²) in [6.45, 7) is 3.50. The van der Waals surface area contributed by atoms with Gasteiger partial charge in [0.1, 0.15) is 43.0 Å². The van der Waals surface area contributed by atoms with Crippen molar-refractivity contribution < 1.29 is 67.0 Å². The summed E-state index contributed by atoms with van der Waals surface area (Å²) >= 11 is 0. The maximum atomic E-state index is 12.8. The Bertz CT molecular complexity index is 2480. The number of ether oxygens (including phenoxy) is 7. The maximum absolute atomic E-state index is 12.8. The third-order valence-corrected chi connectivity index (χ3v) is 9.28. The third kappa shape index (κ3) is 15.8. The second-order valence-corrected chi connectivity index (χ2v) is 15.2. The number of methoxy groups -OCH3 is 2. The number of amides is 3. The predicted octanol–water partition coefficient (Wildman–Crippen LogP) is 0.724. The first kappa shape index (κ1) is 52.1. The van der Waals surface area contributed by atoms with Crippen molar-refractivity contribution in [3.05, 3.63) is 108 Å². The summed E-state index contributed by atoms with van der Waals surface area (Å²) in [6, 6.07) is 9.80. The van der Waals surface area contributed by atoms with Crippen LogP contribution >= 0.6 is 0 Å². The van der Waals surface area contributed by atoms with E-state index in [0.717, 1.165) is 18.8 Å². The van der Waals surface area contributed by atoms with Crippen LogP contribution < -0.4 is 31.9 Å². The monoisotopic (exact) mass is 934 g/mol. The largest absolute Gasteiger partial charge is 0.491 e. The minimum Gasteiger partial charge on any atom is -0.491 e. The Hall–Kier alpha value is -7.55. The maximum Gasteiger partial charge on any atom is 0.337 e. The van der Waals surface area contributed by atoms with Gasteiger partial charge in [0.05, 0.1) is 57.1 Å². The molecule has 4 atom stereocenters. The SMILES string of the molecule is COC(=O)c1cc(C(=O)NCCNC(=O)c2cccc(OCC(N=[N+]=[N-])OCCOCC(=O)NCC#Cc3cn([C@H]4C[C@H](OC(=O)C(C)(C)C)[C@@H](CO)O4)c(=O)[nH]c3=O)c2)cc(C(=O)OC)c1. The van der Waals surface area contributed by atoms with Gasteiger partial charge in [0.25, 0.3) is 17.4 Å². The molecule has 0 spiro atoms. The highest BCUT2D eigenvalue weighted by Crippen LogP contribution is 2.31. The molecule has 1 aliphatic rings. The standard InChI is InChI=1S/C43H50N8O16/c1-43(2,3)41(59)67-31-20-35(66-32(31)22-52)51-21-26(38(56)48-42(51)60)9-7-11-45-33(53)23-63-14-15-64-34(49-50-44)24-65-30-10-6-8-25(19-30)36(54)46-12-13-47-37(55)27-16-28(39(57)61-4)18-29(17-27)40(58)62-5/h6,8,10,16-19,21,31-32,34-35,52H,11-15,20,22-24H2,1-5H3,(H,45,53)(H,46,54)(H,47,55)(H,48,56,60)/t31-,32+,34?,35+/m0/s1. The number of rotatable bonds is 21. The van der Waals surface area contributed by atoms with Crippen LogP contribution in [0.5, 0.6) is 5.75 Å². The van der Waals surface area contributed by atoms with Crippen LogP contribution in [0.25, 0.3) is 10.4 Å². The Labute approximate surface area is 382 Å². The predicted molar refractivity (Wildman–Crippen MR) is 232 cm³/mol. The van der Waals surface area contributed by atoms with Gasteiger partial charge >= 0.3 is 23.6 Å². The van der Waals surface area contributed by atoms with Crippen LogP contribution in [0.2, 0.25) is 0 Å². The van der Waals surface area contributed by atoms with Gasteiger partial charge in [-0.3, -0.25) is 33.5 Å². The lowest BCUT2D eigenvalue weighted by Crippen LogP contribution is -2.34. The number of carbonyl (C=O) groups excluding carboxylic acids is 6. The van der Waals surface area contributed by atoms with Crippen molar-refractivity contribution in [1.82, 2.24) is 25.5 Å². The summed E-state index contributed by atoms with van der Waals surface area (Å²) in [5.41, 5.74) is 6.64. The van der Waals surface area contributed by atoms with Crippen LogP contribution in [-0.2, 0) is 38.0 Å². The van der Waals surface area contributed by atoms with Gasteiger partial charge in [-0.25, -0.2) is 14.4 Å². The smallest absolute Gasteiger partial charge is 0.337 e. The number of hydrogen-bond acceptors (Lipinski definition) is 17. The summed E-state index contributed by atoms with van der Waals surface area (Å²) < 4.78 is 38.2. The Kier molecular flexibility index (Phi) is 19.6. The van der Waals surface area contributed by atoms with Crippen molar-refractivity contribution in [3.63, 3.8) is 0 Å². The number of aliphatic hydroxyl groups is 1. The fraction of sp³-hybridized carbons (Fsp3) is 0.442. The fourth-order valence-corrected chi connectivity index (χ4v) is 5.86. The first-order valence-corrected chi connectivity index (χ1v) is 20.4. The van der Waals surface area contributed by atoms with Gasteiger partial charge in [0, 0.05) is 41.7 Å². The number of nitrogens with one attached hydrogen (secondary N) is 4. The van der Waals surface area contributed by atoms with Gasteiger partial charge in [-0.05, 0) is 62.7 Å². The molecule has 1 aromatic heterocycles. The molecule has 3 aromatic rings. The number of nitrogens with zero attached hydrogens (tertiary/aromatic N) is 4. The molecule has 24 heteroatoms. The molecular weight excluding hydrogens is 885 g/mol. The van der Waals surface area contributed by atoms with E-state index in [0.29, 0.717) is 0 Å². The molecule has 1 unspecified atom stereocenters. The molecule has 5 N–H and O–H groups in total. The number of hydrogen-bond donors (Lipinski definition) is 5. The number of esters is 3. The quantitative estimate of drug-likeness (QED) is 0.0187. The summed E-state index contributed by atoms with van der Waals surface area (Å²) in [5, 5.41) is 21.0. The van der Waals surface area contributed by atoms with E-state index >= 15 is 0 Å². The molecule has 67 heavy (non-hydrogen) atoms. The number of carbonyl (C=O) groups is 6. The molecule has 3 amide bonds. The normalized spacial score (nSPS) is 15.6. The minimum atomic E-state index is -1.11. The molecule has 2 heterocycles. The number of benzene rings is 2. The van der Waals surface area contributed by atoms with Gasteiger partial charge in [-0.2, -0.15) is 0 Å². The van der Waals surface area contributed by atoms with Crippen LogP contribution in [0.3, 0.4) is 0 Å². The molecule has 24 nitrogen and oxygen atoms in total. The number of aromatic nitrogens is 2. The molecule has 1 aliphatic heterocycles. The first-order valence-electron chi connectivity index (χ1n) is 20.4. The van der Waals surface area contributed by atoms with Crippen LogP contribution in [0.4, 0.5) is 0 Å². The molecule has 358 valence electrons. The highest BCUT2D eigenvalue weighted by molar-refractivity contribution is 6.02. The second kappa shape index (κ2) is 25.2. The van der Waals surface area contributed by atoms with Gasteiger partial charge < -0.3 is 54.2 Å². The lowest BCUT2D eigenvalue weighted by Gasteiger charge is -2.22. The molecule has 0 radical (unpaired) electrons. The lowest BCUT2D eigenvalue weighted by atomic mass is 9.97.